The number of piperidine rings is 1. The average Bonchev–Trinajstić information content (AvgIpc) is 2.96. The number of nitrogens with one attached hydrogen (secondary N) is 1. The number of halogens is 4. The van der Waals surface area contributed by atoms with Crippen LogP contribution < -0.4 is 5.32 Å². The van der Waals surface area contributed by atoms with Crippen LogP contribution in [0.4, 0.5) is 22.4 Å². The van der Waals surface area contributed by atoms with E-state index in [0.29, 0.717) is 12.8 Å². The summed E-state index contributed by atoms with van der Waals surface area (Å²) in [4.78, 5) is 25.7. The summed E-state index contributed by atoms with van der Waals surface area (Å²) < 4.78 is 58.7. The van der Waals surface area contributed by atoms with Gasteiger partial charge in [-0.2, -0.15) is 13.2 Å². The Balaban J connectivity index is 1.58. The number of hydrogen-bond donors (Lipinski definition) is 2. The van der Waals surface area contributed by atoms with Crippen LogP contribution in [0.1, 0.15) is 23.2 Å². The van der Waals surface area contributed by atoms with Crippen LogP contribution in [0.2, 0.25) is 0 Å². The molecule has 2 N–H and O–H groups in total. The quantitative estimate of drug-likeness (QED) is 0.735. The zero-order valence-electron chi connectivity index (χ0n) is 15.7. The summed E-state index contributed by atoms with van der Waals surface area (Å²) in [5.41, 5.74) is 0.0423. The van der Waals surface area contributed by atoms with Crippen molar-refractivity contribution >= 4 is 22.9 Å². The maximum absolute atomic E-state index is 13.7. The molecular formula is C19H19F4N3O4. The van der Waals surface area contributed by atoms with Gasteiger partial charge in [-0.1, -0.05) is 0 Å². The van der Waals surface area contributed by atoms with Crippen LogP contribution in [0.3, 0.4) is 0 Å². The Labute approximate surface area is 168 Å². The third-order valence-electron chi connectivity index (χ3n) is 5.51. The van der Waals surface area contributed by atoms with E-state index in [0.717, 1.165) is 22.9 Å². The van der Waals surface area contributed by atoms with E-state index in [1.807, 2.05) is 0 Å². The number of carbonyl (C=O) groups excluding carboxylic acids is 1. The molecule has 2 atom stereocenters. The van der Waals surface area contributed by atoms with E-state index in [2.05, 4.69) is 5.32 Å². The predicted molar refractivity (Wildman–Crippen MR) is 96.7 cm³/mol. The van der Waals surface area contributed by atoms with Gasteiger partial charge in [0.2, 0.25) is 0 Å². The number of nitrogens with zero attached hydrogens (tertiary/aromatic N) is 2. The highest BCUT2D eigenvalue weighted by Gasteiger charge is 2.42. The molecule has 2 aromatic rings. The zero-order chi connectivity index (χ0) is 21.6. The first-order chi connectivity index (χ1) is 14.1. The molecule has 1 aromatic heterocycles. The summed E-state index contributed by atoms with van der Waals surface area (Å²) in [6.07, 6.45) is -3.84. The molecule has 2 aliphatic heterocycles. The molecule has 2 saturated heterocycles. The monoisotopic (exact) mass is 429 g/mol. The summed E-state index contributed by atoms with van der Waals surface area (Å²) >= 11 is 0. The van der Waals surface area contributed by atoms with Crippen LogP contribution in [0.15, 0.2) is 24.4 Å². The Morgan fingerprint density at radius 3 is 2.47 bits per heavy atom. The fourth-order valence-electron chi connectivity index (χ4n) is 4.38. The summed E-state index contributed by atoms with van der Waals surface area (Å²) in [5.74, 6) is -1.29. The van der Waals surface area contributed by atoms with E-state index in [1.54, 1.807) is 0 Å². The zero-order valence-corrected chi connectivity index (χ0v) is 15.7. The number of alkyl halides is 3. The second-order valence-electron chi connectivity index (χ2n) is 7.62. The highest BCUT2D eigenvalue weighted by molar-refractivity contribution is 6.07. The van der Waals surface area contributed by atoms with E-state index < -0.39 is 42.6 Å². The number of carbonyl (C=O) groups is 2. The predicted octanol–water partition coefficient (Wildman–Crippen LogP) is 2.98. The minimum Gasteiger partial charge on any atom is -0.465 e. The van der Waals surface area contributed by atoms with Crippen LogP contribution in [-0.4, -0.2) is 64.1 Å². The van der Waals surface area contributed by atoms with Crippen molar-refractivity contribution < 1.29 is 37.0 Å². The fourth-order valence-corrected chi connectivity index (χ4v) is 4.38. The number of fused-ring (bicyclic) bond motifs is 3. The molecule has 2 bridgehead atoms. The standard InChI is InChI=1S/C19H19F4N3O4/c20-10-1-2-16-14(3-10)15(6-25(16)9-19(21,22)23)17(27)24-11-4-12-7-30-8-13(5-11)26(12)18(28)29/h1-3,6,11-13H,4-5,7-9H2,(H,24,27)(H,28,29). The van der Waals surface area contributed by atoms with Crippen LogP contribution in [0.25, 0.3) is 10.9 Å². The molecule has 2 unspecified atom stereocenters. The van der Waals surface area contributed by atoms with E-state index in [4.69, 9.17) is 4.74 Å². The van der Waals surface area contributed by atoms with Gasteiger partial charge in [0, 0.05) is 23.1 Å². The van der Waals surface area contributed by atoms with Crippen molar-refractivity contribution in [2.24, 2.45) is 0 Å². The van der Waals surface area contributed by atoms with Crippen molar-refractivity contribution in [1.82, 2.24) is 14.8 Å². The van der Waals surface area contributed by atoms with Gasteiger partial charge in [0.25, 0.3) is 5.91 Å². The molecule has 2 aliphatic rings. The molecule has 162 valence electrons. The highest BCUT2D eigenvalue weighted by Crippen LogP contribution is 2.30. The largest absolute Gasteiger partial charge is 0.465 e. The van der Waals surface area contributed by atoms with Crippen LogP contribution >= 0.6 is 0 Å². The van der Waals surface area contributed by atoms with Gasteiger partial charge in [0.1, 0.15) is 12.4 Å². The van der Waals surface area contributed by atoms with Crippen molar-refractivity contribution in [1.29, 1.82) is 0 Å². The average molecular weight is 429 g/mol. The first-order valence-electron chi connectivity index (χ1n) is 9.37. The molecular weight excluding hydrogens is 410 g/mol. The normalized spacial score (nSPS) is 24.1. The van der Waals surface area contributed by atoms with Crippen LogP contribution in [0.5, 0.6) is 0 Å². The number of hydrogen-bond acceptors (Lipinski definition) is 3. The van der Waals surface area contributed by atoms with Crippen molar-refractivity contribution in [3.8, 4) is 0 Å². The van der Waals surface area contributed by atoms with E-state index in [1.165, 1.54) is 11.0 Å². The third-order valence-corrected chi connectivity index (χ3v) is 5.51. The molecule has 11 heteroatoms. The summed E-state index contributed by atoms with van der Waals surface area (Å²) in [5, 5.41) is 12.2. The first kappa shape index (κ1) is 20.5. The van der Waals surface area contributed by atoms with Crippen LogP contribution in [0, 0.1) is 5.82 Å². The summed E-state index contributed by atoms with van der Waals surface area (Å²) in [6, 6.07) is 2.09. The van der Waals surface area contributed by atoms with Gasteiger partial charge < -0.3 is 19.7 Å². The molecule has 7 nitrogen and oxygen atoms in total. The Morgan fingerprint density at radius 1 is 1.20 bits per heavy atom. The molecule has 0 saturated carbocycles. The lowest BCUT2D eigenvalue weighted by Crippen LogP contribution is -2.62. The summed E-state index contributed by atoms with van der Waals surface area (Å²) in [7, 11) is 0. The van der Waals surface area contributed by atoms with Gasteiger partial charge in [-0.05, 0) is 31.0 Å². The highest BCUT2D eigenvalue weighted by atomic mass is 19.4. The lowest BCUT2D eigenvalue weighted by Gasteiger charge is -2.46. The molecule has 4 rings (SSSR count). The molecule has 0 spiro atoms. The second-order valence-corrected chi connectivity index (χ2v) is 7.62. The molecule has 0 radical (unpaired) electrons. The Bertz CT molecular complexity index is 976. The van der Waals surface area contributed by atoms with Crippen molar-refractivity contribution in [2.75, 3.05) is 13.2 Å². The Morgan fingerprint density at radius 2 is 1.87 bits per heavy atom. The number of morpholine rings is 1. The molecule has 0 aliphatic carbocycles. The first-order valence-corrected chi connectivity index (χ1v) is 9.37. The third kappa shape index (κ3) is 3.93. The number of rotatable bonds is 3. The lowest BCUT2D eigenvalue weighted by molar-refractivity contribution is -0.139. The number of carboxylic acid groups (broad SMARTS) is 1. The lowest BCUT2D eigenvalue weighted by atomic mass is 9.90. The molecule has 30 heavy (non-hydrogen) atoms. The molecule has 1 aromatic carbocycles. The number of benzene rings is 1. The van der Waals surface area contributed by atoms with Gasteiger partial charge >= 0.3 is 12.3 Å². The van der Waals surface area contributed by atoms with Crippen LogP contribution in [-0.2, 0) is 11.3 Å². The minimum absolute atomic E-state index is 0.0594. The fraction of sp³-hybridized carbons (Fsp3) is 0.474. The van der Waals surface area contributed by atoms with Crippen molar-refractivity contribution in [2.45, 2.75) is 43.7 Å². The summed E-state index contributed by atoms with van der Waals surface area (Å²) in [6.45, 7) is -0.878. The molecule has 3 heterocycles. The van der Waals surface area contributed by atoms with E-state index in [9.17, 15) is 32.3 Å². The smallest absolute Gasteiger partial charge is 0.407 e. The Hall–Kier alpha value is -2.82. The topological polar surface area (TPSA) is 83.8 Å². The Kier molecular flexibility index (Phi) is 5.08. The number of ether oxygens (including phenoxy) is 1. The molecule has 2 fully saturated rings. The second kappa shape index (κ2) is 7.46. The van der Waals surface area contributed by atoms with Gasteiger partial charge in [-0.15, -0.1) is 0 Å². The van der Waals surface area contributed by atoms with Gasteiger partial charge in [0.05, 0.1) is 30.9 Å². The number of amides is 2. The van der Waals surface area contributed by atoms with Crippen molar-refractivity contribution in [3.63, 3.8) is 0 Å². The van der Waals surface area contributed by atoms with Gasteiger partial charge in [-0.3, -0.25) is 9.69 Å². The van der Waals surface area contributed by atoms with Gasteiger partial charge in [0.15, 0.2) is 0 Å². The van der Waals surface area contributed by atoms with Crippen molar-refractivity contribution in [3.05, 3.63) is 35.8 Å². The minimum atomic E-state index is -4.50. The number of aromatic nitrogens is 1. The van der Waals surface area contributed by atoms with E-state index in [-0.39, 0.29) is 35.7 Å². The van der Waals surface area contributed by atoms with E-state index >= 15 is 0 Å². The maximum Gasteiger partial charge on any atom is 0.407 e. The van der Waals surface area contributed by atoms with Gasteiger partial charge in [-0.25, -0.2) is 9.18 Å². The maximum atomic E-state index is 13.7. The molecule has 2 amide bonds. The SMILES string of the molecule is O=C(NC1CC2COCC(C1)N2C(=O)O)c1cn(CC(F)(F)F)c2ccc(F)cc12.